The molecule has 0 saturated heterocycles. The maximum absolute atomic E-state index is 12.2. The fourth-order valence-corrected chi connectivity index (χ4v) is 2.96. The van der Waals surface area contributed by atoms with Crippen LogP contribution in [0.15, 0.2) is 16.9 Å². The number of aliphatic hydroxyl groups is 2. The number of halogens is 1. The molecule has 1 atom stereocenters. The zero-order chi connectivity index (χ0) is 14.9. The summed E-state index contributed by atoms with van der Waals surface area (Å²) in [7, 11) is 0. The molecule has 0 spiro atoms. The predicted molar refractivity (Wildman–Crippen MR) is 82.0 cm³/mol. The van der Waals surface area contributed by atoms with Crippen LogP contribution in [-0.2, 0) is 0 Å². The van der Waals surface area contributed by atoms with E-state index in [1.165, 1.54) is 11.3 Å². The molecule has 0 aliphatic heterocycles. The lowest BCUT2D eigenvalue weighted by Gasteiger charge is -2.12. The Kier molecular flexibility index (Phi) is 4.45. The second-order valence-electron chi connectivity index (χ2n) is 4.23. The van der Waals surface area contributed by atoms with Gasteiger partial charge >= 0.3 is 0 Å². The topological polar surface area (TPSA) is 66.8 Å². The van der Waals surface area contributed by atoms with Crippen LogP contribution in [-0.4, -0.2) is 29.5 Å². The van der Waals surface area contributed by atoms with Gasteiger partial charge in [-0.15, -0.1) is 11.3 Å². The minimum Gasteiger partial charge on any atom is -0.489 e. The molecule has 2 aromatic rings. The Morgan fingerprint density at radius 2 is 2.10 bits per heavy atom. The first-order valence-corrected chi connectivity index (χ1v) is 7.00. The number of benzene rings is 1. The van der Waals surface area contributed by atoms with E-state index < -0.39 is 12.7 Å². The number of fused-ring (bicyclic) bond motifs is 1. The summed E-state index contributed by atoms with van der Waals surface area (Å²) in [5.74, 6) is 0.420. The van der Waals surface area contributed by atoms with Crippen LogP contribution in [0, 0.1) is 0 Å². The maximum atomic E-state index is 12.2. The van der Waals surface area contributed by atoms with Crippen molar-refractivity contribution in [3.05, 3.63) is 37.1 Å². The van der Waals surface area contributed by atoms with E-state index in [4.69, 9.17) is 21.4 Å². The van der Waals surface area contributed by atoms with Crippen molar-refractivity contribution in [2.75, 3.05) is 13.2 Å². The average Bonchev–Trinajstić information content (AvgIpc) is 2.43. The molecular formula is C14H13ClO4S. The summed E-state index contributed by atoms with van der Waals surface area (Å²) in [6, 6.07) is 3.17. The van der Waals surface area contributed by atoms with Crippen molar-refractivity contribution in [2.24, 2.45) is 0 Å². The monoisotopic (exact) mass is 312 g/mol. The van der Waals surface area contributed by atoms with Gasteiger partial charge in [0.2, 0.25) is 0 Å². The fourth-order valence-electron chi connectivity index (χ4n) is 1.67. The van der Waals surface area contributed by atoms with Gasteiger partial charge in [-0.05, 0) is 12.1 Å². The third kappa shape index (κ3) is 2.71. The van der Waals surface area contributed by atoms with Crippen molar-refractivity contribution in [3.63, 3.8) is 0 Å². The molecular weight excluding hydrogens is 300 g/mol. The van der Waals surface area contributed by atoms with Gasteiger partial charge in [0.15, 0.2) is 5.43 Å². The molecule has 20 heavy (non-hydrogen) atoms. The Bertz CT molecular complexity index is 799. The first kappa shape index (κ1) is 15.0. The van der Waals surface area contributed by atoms with Crippen molar-refractivity contribution in [1.29, 1.82) is 0 Å². The van der Waals surface area contributed by atoms with E-state index in [1.807, 2.05) is 0 Å². The van der Waals surface area contributed by atoms with E-state index in [0.717, 1.165) is 0 Å². The van der Waals surface area contributed by atoms with Crippen LogP contribution < -0.4 is 19.9 Å². The number of hydrogen-bond donors (Lipinski definition) is 2. The second-order valence-corrected chi connectivity index (χ2v) is 5.74. The van der Waals surface area contributed by atoms with Gasteiger partial charge in [-0.25, -0.2) is 0 Å². The maximum Gasteiger partial charge on any atom is 0.196 e. The molecule has 0 amide bonds. The molecule has 6 heteroatoms. The summed E-state index contributed by atoms with van der Waals surface area (Å²) in [6.45, 7) is 7.00. The largest absolute Gasteiger partial charge is 0.489 e. The van der Waals surface area contributed by atoms with Crippen LogP contribution in [0.25, 0.3) is 23.2 Å². The van der Waals surface area contributed by atoms with Gasteiger partial charge < -0.3 is 14.9 Å². The van der Waals surface area contributed by atoms with Crippen LogP contribution in [0.3, 0.4) is 0 Å². The van der Waals surface area contributed by atoms with Crippen molar-refractivity contribution in [3.8, 4) is 5.75 Å². The van der Waals surface area contributed by atoms with Crippen molar-refractivity contribution in [2.45, 2.75) is 6.10 Å². The summed E-state index contributed by atoms with van der Waals surface area (Å²) >= 11 is 7.32. The number of rotatable bonds is 4. The predicted octanol–water partition coefficient (Wildman–Crippen LogP) is 0.468. The summed E-state index contributed by atoms with van der Waals surface area (Å²) in [4.78, 5) is 12.2. The molecule has 1 unspecified atom stereocenters. The highest BCUT2D eigenvalue weighted by molar-refractivity contribution is 7.16. The van der Waals surface area contributed by atoms with E-state index in [9.17, 15) is 9.90 Å². The van der Waals surface area contributed by atoms with Crippen LogP contribution >= 0.6 is 22.9 Å². The molecule has 0 radical (unpaired) electrons. The third-order valence-electron chi connectivity index (χ3n) is 2.78. The van der Waals surface area contributed by atoms with Gasteiger partial charge in [0.1, 0.15) is 18.5 Å². The van der Waals surface area contributed by atoms with E-state index in [2.05, 4.69) is 13.2 Å². The van der Waals surface area contributed by atoms with Gasteiger partial charge in [-0.3, -0.25) is 4.79 Å². The molecule has 0 aliphatic rings. The molecule has 0 saturated carbocycles. The third-order valence-corrected chi connectivity index (χ3v) is 4.19. The Labute approximate surface area is 123 Å². The Hall–Kier alpha value is -1.40. The minimum atomic E-state index is -0.983. The lowest BCUT2D eigenvalue weighted by molar-refractivity contribution is 0.0541. The van der Waals surface area contributed by atoms with E-state index in [-0.39, 0.29) is 12.0 Å². The fraction of sp³-hybridized carbons (Fsp3) is 0.214. The van der Waals surface area contributed by atoms with Crippen molar-refractivity contribution >= 4 is 46.2 Å². The van der Waals surface area contributed by atoms with Gasteiger partial charge in [-0.1, -0.05) is 24.8 Å². The molecule has 1 heterocycles. The minimum absolute atomic E-state index is 0.0766. The normalized spacial score (nSPS) is 12.6. The van der Waals surface area contributed by atoms with Gasteiger partial charge in [-0.2, -0.15) is 0 Å². The van der Waals surface area contributed by atoms with E-state index >= 15 is 0 Å². The molecule has 4 nitrogen and oxygen atoms in total. The molecule has 1 aromatic heterocycles. The smallest absolute Gasteiger partial charge is 0.196 e. The molecule has 2 N–H and O–H groups in total. The lowest BCUT2D eigenvalue weighted by atomic mass is 10.2. The van der Waals surface area contributed by atoms with E-state index in [1.54, 1.807) is 12.1 Å². The Morgan fingerprint density at radius 1 is 1.40 bits per heavy atom. The van der Waals surface area contributed by atoms with Crippen LogP contribution in [0.5, 0.6) is 5.75 Å². The zero-order valence-corrected chi connectivity index (χ0v) is 12.1. The van der Waals surface area contributed by atoms with Crippen LogP contribution in [0.2, 0.25) is 5.02 Å². The molecule has 0 aliphatic carbocycles. The van der Waals surface area contributed by atoms with Gasteiger partial charge in [0, 0.05) is 9.75 Å². The molecule has 0 bridgehead atoms. The first-order valence-electron chi connectivity index (χ1n) is 5.80. The quantitative estimate of drug-likeness (QED) is 0.861. The summed E-state index contributed by atoms with van der Waals surface area (Å²) < 4.78 is 6.53. The highest BCUT2D eigenvalue weighted by Crippen LogP contribution is 2.30. The number of ether oxygens (including phenoxy) is 1. The van der Waals surface area contributed by atoms with Gasteiger partial charge in [0.25, 0.3) is 0 Å². The van der Waals surface area contributed by atoms with Gasteiger partial charge in [0.05, 0.1) is 21.7 Å². The highest BCUT2D eigenvalue weighted by atomic mass is 35.5. The second kappa shape index (κ2) is 5.93. The summed E-state index contributed by atoms with van der Waals surface area (Å²) in [5.41, 5.74) is -0.276. The summed E-state index contributed by atoms with van der Waals surface area (Å²) in [6.07, 6.45) is -0.983. The lowest BCUT2D eigenvalue weighted by Crippen LogP contribution is -2.35. The van der Waals surface area contributed by atoms with E-state index in [0.29, 0.717) is 30.6 Å². The first-order chi connectivity index (χ1) is 9.45. The molecule has 1 aromatic carbocycles. The number of hydrogen-bond acceptors (Lipinski definition) is 5. The molecule has 106 valence electrons. The van der Waals surface area contributed by atoms with Crippen molar-refractivity contribution in [1.82, 2.24) is 0 Å². The Morgan fingerprint density at radius 3 is 2.75 bits per heavy atom. The average molecular weight is 313 g/mol. The SMILES string of the molecule is C=c1sc2c(OCC(O)CO)ccc(Cl)c2c(=O)c1=C. The van der Waals surface area contributed by atoms with Crippen molar-refractivity contribution < 1.29 is 14.9 Å². The highest BCUT2D eigenvalue weighted by Gasteiger charge is 2.12. The van der Waals surface area contributed by atoms with Crippen LogP contribution in [0.1, 0.15) is 0 Å². The summed E-state index contributed by atoms with van der Waals surface area (Å²) in [5, 5.41) is 19.1. The molecule has 2 rings (SSSR count). The molecule has 0 fully saturated rings. The number of aliphatic hydroxyl groups excluding tert-OH is 2. The standard InChI is InChI=1S/C14H13ClO4S/c1-7-8(2)20-14-11(19-6-9(17)5-16)4-3-10(15)12(14)13(7)18/h3-4,9,16-17H,1-2,5-6H2. The Balaban J connectivity index is 2.64. The van der Waals surface area contributed by atoms with Crippen LogP contribution in [0.4, 0.5) is 0 Å². The zero-order valence-electron chi connectivity index (χ0n) is 10.6.